The molecule has 1 fully saturated rings. The van der Waals surface area contributed by atoms with Crippen molar-refractivity contribution in [3.8, 4) is 0 Å². The molecule has 0 spiro atoms. The third kappa shape index (κ3) is 4.68. The van der Waals surface area contributed by atoms with Gasteiger partial charge in [0.25, 0.3) is 5.69 Å². The number of sulfonamides is 1. The second-order valence-corrected chi connectivity index (χ2v) is 9.16. The highest BCUT2D eigenvalue weighted by Crippen LogP contribution is 2.25. The topological polar surface area (TPSA) is 101 Å². The largest absolute Gasteiger partial charge is 0.335 e. The lowest BCUT2D eigenvalue weighted by Gasteiger charge is -2.24. The van der Waals surface area contributed by atoms with Crippen LogP contribution < -0.4 is 4.31 Å². The molecule has 1 unspecified atom stereocenters. The van der Waals surface area contributed by atoms with Gasteiger partial charge in [0.2, 0.25) is 15.9 Å². The second-order valence-electron chi connectivity index (χ2n) is 7.14. The molecule has 1 amide bonds. The Bertz CT molecular complexity index is 1080. The second kappa shape index (κ2) is 8.66. The maximum atomic E-state index is 12.5. The van der Waals surface area contributed by atoms with E-state index >= 15 is 0 Å². The lowest BCUT2D eigenvalue weighted by Crippen LogP contribution is -2.28. The van der Waals surface area contributed by atoms with Crippen molar-refractivity contribution < 1.29 is 18.1 Å². The SMILES string of the molecule is CC(c1cccc([N+](=O)[O-])c1)N(C)C(=O)/C=C/c1ccc(N2CCCS2(=O)=O)cc1. The van der Waals surface area contributed by atoms with Crippen molar-refractivity contribution in [1.29, 1.82) is 0 Å². The van der Waals surface area contributed by atoms with Gasteiger partial charge < -0.3 is 4.90 Å². The Morgan fingerprint density at radius 1 is 1.23 bits per heavy atom. The highest BCUT2D eigenvalue weighted by atomic mass is 32.2. The molecular formula is C21H23N3O5S. The molecule has 0 saturated carbocycles. The molecule has 1 aliphatic rings. The Morgan fingerprint density at radius 3 is 2.53 bits per heavy atom. The fourth-order valence-electron chi connectivity index (χ4n) is 3.28. The van der Waals surface area contributed by atoms with Crippen LogP contribution in [0.15, 0.2) is 54.6 Å². The Balaban J connectivity index is 1.67. The van der Waals surface area contributed by atoms with Crippen LogP contribution in [0, 0.1) is 10.1 Å². The molecule has 30 heavy (non-hydrogen) atoms. The smallest absolute Gasteiger partial charge is 0.269 e. The minimum absolute atomic E-state index is 0.0177. The maximum Gasteiger partial charge on any atom is 0.269 e. The maximum absolute atomic E-state index is 12.5. The Morgan fingerprint density at radius 2 is 1.93 bits per heavy atom. The van der Waals surface area contributed by atoms with Gasteiger partial charge in [0.15, 0.2) is 0 Å². The number of hydrogen-bond acceptors (Lipinski definition) is 5. The summed E-state index contributed by atoms with van der Waals surface area (Å²) in [5.74, 6) is -0.0849. The molecule has 8 nitrogen and oxygen atoms in total. The lowest BCUT2D eigenvalue weighted by molar-refractivity contribution is -0.384. The van der Waals surface area contributed by atoms with Crippen LogP contribution in [-0.4, -0.2) is 43.5 Å². The van der Waals surface area contributed by atoms with Crippen molar-refractivity contribution >= 4 is 33.4 Å². The number of carbonyl (C=O) groups excluding carboxylic acids is 1. The van der Waals surface area contributed by atoms with Gasteiger partial charge in [-0.3, -0.25) is 19.2 Å². The van der Waals surface area contributed by atoms with Crippen LogP contribution in [0.2, 0.25) is 0 Å². The number of likely N-dealkylation sites (N-methyl/N-ethyl adjacent to an activating group) is 1. The molecule has 1 aliphatic heterocycles. The molecule has 2 aromatic rings. The molecule has 9 heteroatoms. The first-order valence-corrected chi connectivity index (χ1v) is 11.1. The van der Waals surface area contributed by atoms with E-state index in [1.165, 1.54) is 27.4 Å². The molecule has 0 bridgehead atoms. The number of benzene rings is 2. The van der Waals surface area contributed by atoms with E-state index in [0.29, 0.717) is 24.2 Å². The molecule has 0 aromatic heterocycles. The van der Waals surface area contributed by atoms with E-state index in [0.717, 1.165) is 5.56 Å². The number of nitro benzene ring substituents is 1. The van der Waals surface area contributed by atoms with Crippen molar-refractivity contribution in [2.75, 3.05) is 23.7 Å². The zero-order valence-electron chi connectivity index (χ0n) is 16.8. The number of anilines is 1. The molecule has 3 rings (SSSR count). The van der Waals surface area contributed by atoms with Gasteiger partial charge in [-0.05, 0) is 42.7 Å². The first-order chi connectivity index (χ1) is 14.2. The van der Waals surface area contributed by atoms with Crippen molar-refractivity contribution in [1.82, 2.24) is 4.90 Å². The fourth-order valence-corrected chi connectivity index (χ4v) is 4.84. The van der Waals surface area contributed by atoms with Gasteiger partial charge in [-0.2, -0.15) is 0 Å². The van der Waals surface area contributed by atoms with Crippen LogP contribution in [0.3, 0.4) is 0 Å². The number of hydrogen-bond donors (Lipinski definition) is 0. The first-order valence-electron chi connectivity index (χ1n) is 9.49. The Hall–Kier alpha value is -3.20. The summed E-state index contributed by atoms with van der Waals surface area (Å²) >= 11 is 0. The molecule has 0 radical (unpaired) electrons. The van der Waals surface area contributed by atoms with Crippen LogP contribution in [0.25, 0.3) is 6.08 Å². The summed E-state index contributed by atoms with van der Waals surface area (Å²) in [5.41, 5.74) is 2.04. The molecular weight excluding hydrogens is 406 g/mol. The summed E-state index contributed by atoms with van der Waals surface area (Å²) in [7, 11) is -1.59. The molecule has 1 heterocycles. The number of non-ortho nitro benzene ring substituents is 1. The molecule has 0 N–H and O–H groups in total. The highest BCUT2D eigenvalue weighted by molar-refractivity contribution is 7.93. The van der Waals surface area contributed by atoms with Gasteiger partial charge >= 0.3 is 0 Å². The van der Waals surface area contributed by atoms with Gasteiger partial charge in [-0.15, -0.1) is 0 Å². The monoisotopic (exact) mass is 429 g/mol. The Labute approximate surface area is 175 Å². The average molecular weight is 429 g/mol. The van der Waals surface area contributed by atoms with Crippen molar-refractivity contribution in [3.05, 3.63) is 75.8 Å². The zero-order chi connectivity index (χ0) is 21.9. The molecule has 158 valence electrons. The quantitative estimate of drug-likeness (QED) is 0.398. The minimum Gasteiger partial charge on any atom is -0.335 e. The van der Waals surface area contributed by atoms with E-state index in [-0.39, 0.29) is 23.4 Å². The summed E-state index contributed by atoms with van der Waals surface area (Å²) in [5, 5.41) is 11.0. The summed E-state index contributed by atoms with van der Waals surface area (Å²) in [4.78, 5) is 24.5. The summed E-state index contributed by atoms with van der Waals surface area (Å²) in [6, 6.07) is 12.8. The predicted octanol–water partition coefficient (Wildman–Crippen LogP) is 3.37. The number of rotatable bonds is 6. The summed E-state index contributed by atoms with van der Waals surface area (Å²) in [6.07, 6.45) is 3.70. The van der Waals surface area contributed by atoms with Gasteiger partial charge in [0.1, 0.15) is 0 Å². The van der Waals surface area contributed by atoms with Crippen LogP contribution in [0.1, 0.15) is 30.5 Å². The predicted molar refractivity (Wildman–Crippen MR) is 116 cm³/mol. The van der Waals surface area contributed by atoms with Crippen molar-refractivity contribution in [2.24, 2.45) is 0 Å². The van der Waals surface area contributed by atoms with Crippen molar-refractivity contribution in [3.63, 3.8) is 0 Å². The third-order valence-electron chi connectivity index (χ3n) is 5.19. The van der Waals surface area contributed by atoms with E-state index in [4.69, 9.17) is 0 Å². The van der Waals surface area contributed by atoms with Crippen LogP contribution in [-0.2, 0) is 14.8 Å². The number of nitrogens with zero attached hydrogens (tertiary/aromatic N) is 3. The van der Waals surface area contributed by atoms with E-state index in [1.54, 1.807) is 56.4 Å². The van der Waals surface area contributed by atoms with E-state index < -0.39 is 14.9 Å². The van der Waals surface area contributed by atoms with Gasteiger partial charge in [0.05, 0.1) is 22.4 Å². The zero-order valence-corrected chi connectivity index (χ0v) is 17.6. The first kappa shape index (κ1) is 21.5. The lowest BCUT2D eigenvalue weighted by atomic mass is 10.1. The number of carbonyl (C=O) groups is 1. The number of nitro groups is 1. The normalized spacial score (nSPS) is 16.5. The molecule has 1 saturated heterocycles. The molecule has 2 aromatic carbocycles. The van der Waals surface area contributed by atoms with E-state index in [1.807, 2.05) is 0 Å². The van der Waals surface area contributed by atoms with Crippen LogP contribution in [0.4, 0.5) is 11.4 Å². The standard InChI is InChI=1S/C21H23N3O5S/c1-16(18-5-3-6-20(15-18)24(26)27)22(2)21(25)12-9-17-7-10-19(11-8-17)23-13-4-14-30(23,28)29/h3,5-12,15-16H,4,13-14H2,1-2H3/b12-9+. The average Bonchev–Trinajstić information content (AvgIpc) is 3.10. The molecule has 0 aliphatic carbocycles. The highest BCUT2D eigenvalue weighted by Gasteiger charge is 2.28. The minimum atomic E-state index is -3.22. The van der Waals surface area contributed by atoms with E-state index in [9.17, 15) is 23.3 Å². The number of amides is 1. The third-order valence-corrected chi connectivity index (χ3v) is 7.06. The van der Waals surface area contributed by atoms with Crippen LogP contribution in [0.5, 0.6) is 0 Å². The van der Waals surface area contributed by atoms with Crippen molar-refractivity contribution in [2.45, 2.75) is 19.4 Å². The van der Waals surface area contributed by atoms with Gasteiger partial charge in [-0.1, -0.05) is 24.3 Å². The van der Waals surface area contributed by atoms with Gasteiger partial charge in [-0.25, -0.2) is 8.42 Å². The molecule has 1 atom stereocenters. The fraction of sp³-hybridized carbons (Fsp3) is 0.286. The summed E-state index contributed by atoms with van der Waals surface area (Å²) in [6.45, 7) is 2.28. The van der Waals surface area contributed by atoms with Crippen LogP contribution >= 0.6 is 0 Å². The van der Waals surface area contributed by atoms with Gasteiger partial charge in [0, 0.05) is 31.8 Å². The van der Waals surface area contributed by atoms with E-state index in [2.05, 4.69) is 0 Å². The summed E-state index contributed by atoms with van der Waals surface area (Å²) < 4.78 is 25.4. The Kier molecular flexibility index (Phi) is 6.21.